The largest absolute Gasteiger partial charge is 0.324 e. The Balaban J connectivity index is 2.03. The van der Waals surface area contributed by atoms with Gasteiger partial charge in [-0.1, -0.05) is 26.0 Å². The molecular weight excluding hydrogens is 290 g/mol. The topological polar surface area (TPSA) is 62.3 Å². The number of nitrogens with zero attached hydrogens (tertiary/aromatic N) is 2. The first-order chi connectivity index (χ1) is 11.1. The monoisotopic (exact) mass is 309 g/mol. The van der Waals surface area contributed by atoms with Crippen LogP contribution in [0.15, 0.2) is 42.6 Å². The Kier molecular flexibility index (Phi) is 4.10. The van der Waals surface area contributed by atoms with Gasteiger partial charge in [0.1, 0.15) is 5.69 Å². The van der Waals surface area contributed by atoms with Crippen LogP contribution < -0.4 is 10.2 Å². The van der Waals surface area contributed by atoms with Gasteiger partial charge < -0.3 is 10.2 Å². The first-order valence-corrected chi connectivity index (χ1v) is 7.77. The summed E-state index contributed by atoms with van der Waals surface area (Å²) in [5, 5.41) is 2.88. The molecule has 23 heavy (non-hydrogen) atoms. The molecule has 3 rings (SSSR count). The number of anilines is 2. The van der Waals surface area contributed by atoms with E-state index in [9.17, 15) is 9.59 Å². The average Bonchev–Trinajstić information content (AvgIpc) is 2.71. The van der Waals surface area contributed by atoms with Crippen molar-refractivity contribution in [3.63, 3.8) is 0 Å². The molecule has 1 atom stereocenters. The van der Waals surface area contributed by atoms with Gasteiger partial charge in [0.2, 0.25) is 5.91 Å². The standard InChI is InChI=1S/C18H19N3O2/c1-3-13-8-9-19-15(10-13)18(23)21-11-12(2)17(22)20-14-6-4-5-7-16(14)21/h4-10,12H,3,11H2,1-2H3,(H,20,22). The Morgan fingerprint density at radius 2 is 2.13 bits per heavy atom. The lowest BCUT2D eigenvalue weighted by atomic mass is 10.1. The first kappa shape index (κ1) is 15.2. The number of pyridine rings is 1. The molecule has 0 aliphatic carbocycles. The van der Waals surface area contributed by atoms with E-state index in [1.807, 2.05) is 44.2 Å². The first-order valence-electron chi connectivity index (χ1n) is 7.77. The molecule has 0 radical (unpaired) electrons. The summed E-state index contributed by atoms with van der Waals surface area (Å²) < 4.78 is 0. The van der Waals surface area contributed by atoms with E-state index < -0.39 is 0 Å². The maximum absolute atomic E-state index is 13.0. The van der Waals surface area contributed by atoms with Gasteiger partial charge in [-0.15, -0.1) is 0 Å². The van der Waals surface area contributed by atoms with Crippen molar-refractivity contribution in [1.82, 2.24) is 4.98 Å². The van der Waals surface area contributed by atoms with Gasteiger partial charge in [-0.05, 0) is 36.2 Å². The maximum atomic E-state index is 13.0. The number of nitrogens with one attached hydrogen (secondary N) is 1. The second-order valence-electron chi connectivity index (χ2n) is 5.73. The van der Waals surface area contributed by atoms with Crippen molar-refractivity contribution in [2.24, 2.45) is 5.92 Å². The highest BCUT2D eigenvalue weighted by Gasteiger charge is 2.29. The van der Waals surface area contributed by atoms with Gasteiger partial charge in [-0.3, -0.25) is 14.6 Å². The number of benzene rings is 1. The van der Waals surface area contributed by atoms with E-state index >= 15 is 0 Å². The molecule has 2 aromatic rings. The summed E-state index contributed by atoms with van der Waals surface area (Å²) in [6, 6.07) is 11.1. The lowest BCUT2D eigenvalue weighted by Gasteiger charge is -2.23. The molecule has 1 aromatic carbocycles. The zero-order chi connectivity index (χ0) is 16.4. The Morgan fingerprint density at radius 3 is 2.91 bits per heavy atom. The summed E-state index contributed by atoms with van der Waals surface area (Å²) in [4.78, 5) is 30.9. The smallest absolute Gasteiger partial charge is 0.276 e. The highest BCUT2D eigenvalue weighted by Crippen LogP contribution is 2.30. The second kappa shape index (κ2) is 6.20. The highest BCUT2D eigenvalue weighted by atomic mass is 16.2. The number of amides is 2. The van der Waals surface area contributed by atoms with Crippen molar-refractivity contribution in [1.29, 1.82) is 0 Å². The van der Waals surface area contributed by atoms with Crippen molar-refractivity contribution >= 4 is 23.2 Å². The quantitative estimate of drug-likeness (QED) is 0.928. The fourth-order valence-corrected chi connectivity index (χ4v) is 2.67. The van der Waals surface area contributed by atoms with Gasteiger partial charge in [0.25, 0.3) is 5.91 Å². The number of carbonyl (C=O) groups excluding carboxylic acids is 2. The van der Waals surface area contributed by atoms with Gasteiger partial charge in [0.05, 0.1) is 17.3 Å². The number of para-hydroxylation sites is 2. The SMILES string of the molecule is CCc1ccnc(C(=O)N2CC(C)C(=O)Nc3ccccc32)c1. The third-order valence-corrected chi connectivity index (χ3v) is 4.05. The lowest BCUT2D eigenvalue weighted by Crippen LogP contribution is -2.36. The van der Waals surface area contributed by atoms with Crippen molar-refractivity contribution in [3.8, 4) is 0 Å². The Morgan fingerprint density at radius 1 is 1.35 bits per heavy atom. The predicted octanol–water partition coefficient (Wildman–Crippen LogP) is 2.88. The van der Waals surface area contributed by atoms with Crippen LogP contribution in [0.4, 0.5) is 11.4 Å². The van der Waals surface area contributed by atoms with Gasteiger partial charge in [0, 0.05) is 12.7 Å². The maximum Gasteiger partial charge on any atom is 0.276 e. The van der Waals surface area contributed by atoms with E-state index in [4.69, 9.17) is 0 Å². The van der Waals surface area contributed by atoms with Crippen molar-refractivity contribution < 1.29 is 9.59 Å². The number of hydrogen-bond donors (Lipinski definition) is 1. The molecule has 0 fully saturated rings. The Labute approximate surface area is 135 Å². The highest BCUT2D eigenvalue weighted by molar-refractivity contribution is 6.10. The Bertz CT molecular complexity index is 757. The molecule has 2 heterocycles. The molecule has 5 heteroatoms. The van der Waals surface area contributed by atoms with Gasteiger partial charge in [-0.25, -0.2) is 0 Å². The third-order valence-electron chi connectivity index (χ3n) is 4.05. The third kappa shape index (κ3) is 2.95. The zero-order valence-electron chi connectivity index (χ0n) is 13.2. The Hall–Kier alpha value is -2.69. The number of hydrogen-bond acceptors (Lipinski definition) is 3. The van der Waals surface area contributed by atoms with E-state index in [1.54, 1.807) is 17.2 Å². The zero-order valence-corrected chi connectivity index (χ0v) is 13.2. The number of aromatic nitrogens is 1. The normalized spacial score (nSPS) is 17.2. The molecule has 1 aliphatic rings. The molecule has 2 amide bonds. The van der Waals surface area contributed by atoms with Crippen molar-refractivity contribution in [3.05, 3.63) is 53.9 Å². The van der Waals surface area contributed by atoms with Gasteiger partial charge in [0.15, 0.2) is 0 Å². The second-order valence-corrected chi connectivity index (χ2v) is 5.73. The van der Waals surface area contributed by atoms with Crippen LogP contribution in [0.25, 0.3) is 0 Å². The molecule has 0 saturated carbocycles. The predicted molar refractivity (Wildman–Crippen MR) is 89.5 cm³/mol. The van der Waals surface area contributed by atoms with Crippen LogP contribution in [0.5, 0.6) is 0 Å². The minimum atomic E-state index is -0.291. The molecule has 0 spiro atoms. The number of carbonyl (C=O) groups is 2. The van der Waals surface area contributed by atoms with E-state index in [0.29, 0.717) is 23.6 Å². The summed E-state index contributed by atoms with van der Waals surface area (Å²) in [6.45, 7) is 4.19. The lowest BCUT2D eigenvalue weighted by molar-refractivity contribution is -0.119. The molecule has 118 valence electrons. The summed E-state index contributed by atoms with van der Waals surface area (Å²) in [7, 11) is 0. The van der Waals surface area contributed by atoms with Gasteiger partial charge in [-0.2, -0.15) is 0 Å². The molecule has 0 saturated heterocycles. The molecule has 5 nitrogen and oxygen atoms in total. The van der Waals surface area contributed by atoms with Crippen molar-refractivity contribution in [2.45, 2.75) is 20.3 Å². The van der Waals surface area contributed by atoms with Crippen LogP contribution in [0.3, 0.4) is 0 Å². The van der Waals surface area contributed by atoms with Gasteiger partial charge >= 0.3 is 0 Å². The average molecular weight is 309 g/mol. The molecule has 1 unspecified atom stereocenters. The molecule has 0 bridgehead atoms. The molecule has 1 aromatic heterocycles. The number of aryl methyl sites for hydroxylation is 1. The van der Waals surface area contributed by atoms with E-state index in [0.717, 1.165) is 12.0 Å². The van der Waals surface area contributed by atoms with Crippen LogP contribution in [-0.2, 0) is 11.2 Å². The fraction of sp³-hybridized carbons (Fsp3) is 0.278. The molecular formula is C18H19N3O2. The van der Waals surface area contributed by atoms with E-state index in [1.165, 1.54) is 0 Å². The van der Waals surface area contributed by atoms with E-state index in [-0.39, 0.29) is 17.7 Å². The van der Waals surface area contributed by atoms with Crippen LogP contribution in [-0.4, -0.2) is 23.3 Å². The van der Waals surface area contributed by atoms with E-state index in [2.05, 4.69) is 10.3 Å². The summed E-state index contributed by atoms with van der Waals surface area (Å²) >= 11 is 0. The summed E-state index contributed by atoms with van der Waals surface area (Å²) in [5.74, 6) is -0.556. The number of fused-ring (bicyclic) bond motifs is 1. The number of rotatable bonds is 2. The van der Waals surface area contributed by atoms with Crippen LogP contribution >= 0.6 is 0 Å². The van der Waals surface area contributed by atoms with Crippen LogP contribution in [0, 0.1) is 5.92 Å². The molecule has 1 aliphatic heterocycles. The summed E-state index contributed by atoms with van der Waals surface area (Å²) in [5.41, 5.74) is 2.83. The fourth-order valence-electron chi connectivity index (χ4n) is 2.67. The van der Waals surface area contributed by atoms with Crippen LogP contribution in [0.2, 0.25) is 0 Å². The minimum Gasteiger partial charge on any atom is -0.324 e. The summed E-state index contributed by atoms with van der Waals surface area (Å²) in [6.07, 6.45) is 2.50. The van der Waals surface area contributed by atoms with Crippen LogP contribution in [0.1, 0.15) is 29.9 Å². The minimum absolute atomic E-state index is 0.0805. The van der Waals surface area contributed by atoms with Crippen molar-refractivity contribution in [2.75, 3.05) is 16.8 Å². The molecule has 1 N–H and O–H groups in total.